The highest BCUT2D eigenvalue weighted by Gasteiger charge is 1.91. The minimum absolute atomic E-state index is 0.893. The van der Waals surface area contributed by atoms with E-state index in [9.17, 15) is 0 Å². The lowest BCUT2D eigenvalue weighted by molar-refractivity contribution is 1.10. The number of nitrogens with one attached hydrogen (secondary N) is 1. The number of aromatic nitrogens is 2. The molecule has 0 aliphatic rings. The van der Waals surface area contributed by atoms with E-state index >= 15 is 0 Å². The summed E-state index contributed by atoms with van der Waals surface area (Å²) in [5, 5.41) is 0.893. The number of aromatic amines is 1. The maximum Gasteiger partial charge on any atom is 0.108 e. The Morgan fingerprint density at radius 1 is 1.88 bits per heavy atom. The number of rotatable bonds is 1. The molecule has 1 rings (SSSR count). The third kappa shape index (κ3) is 1.17. The molecular formula is C4H5ClN2S. The third-order valence-electron chi connectivity index (χ3n) is 0.763. The number of hydrogen-bond donors (Lipinski definition) is 1. The highest BCUT2D eigenvalue weighted by atomic mass is 35.7. The molecule has 0 aromatic carbocycles. The summed E-state index contributed by atoms with van der Waals surface area (Å²) in [5.74, 6) is 0.896. The van der Waals surface area contributed by atoms with Gasteiger partial charge in [0.25, 0.3) is 0 Å². The van der Waals surface area contributed by atoms with Gasteiger partial charge in [0.1, 0.15) is 10.9 Å². The van der Waals surface area contributed by atoms with Crippen molar-refractivity contribution < 1.29 is 0 Å². The fourth-order valence-corrected chi connectivity index (χ4v) is 0.952. The molecule has 0 radical (unpaired) electrons. The topological polar surface area (TPSA) is 28.7 Å². The van der Waals surface area contributed by atoms with Crippen LogP contribution in [0.1, 0.15) is 5.82 Å². The summed E-state index contributed by atoms with van der Waals surface area (Å²) in [6.45, 7) is 1.89. The maximum absolute atomic E-state index is 5.39. The molecule has 0 saturated carbocycles. The Kier molecular flexibility index (Phi) is 1.81. The first-order chi connectivity index (χ1) is 3.83. The molecule has 0 aliphatic carbocycles. The summed E-state index contributed by atoms with van der Waals surface area (Å²) in [6.07, 6.45) is 1.70. The number of imidazole rings is 1. The van der Waals surface area contributed by atoms with Gasteiger partial charge in [0.05, 0.1) is 6.20 Å². The van der Waals surface area contributed by atoms with E-state index in [0.717, 1.165) is 21.8 Å². The quantitative estimate of drug-likeness (QED) is 0.660. The molecule has 0 unspecified atom stereocenters. The van der Waals surface area contributed by atoms with Gasteiger partial charge in [-0.3, -0.25) is 0 Å². The van der Waals surface area contributed by atoms with Crippen molar-refractivity contribution >= 4 is 21.7 Å². The zero-order chi connectivity index (χ0) is 5.98. The first-order valence-electron chi connectivity index (χ1n) is 2.13. The molecule has 1 aromatic heterocycles. The van der Waals surface area contributed by atoms with Crippen molar-refractivity contribution in [2.45, 2.75) is 11.9 Å². The van der Waals surface area contributed by atoms with Crippen LogP contribution in [0.2, 0.25) is 0 Å². The van der Waals surface area contributed by atoms with E-state index in [4.69, 9.17) is 10.7 Å². The molecule has 0 saturated heterocycles. The molecule has 0 amide bonds. The molecule has 0 fully saturated rings. The Labute approximate surface area is 56.2 Å². The van der Waals surface area contributed by atoms with E-state index in [1.165, 1.54) is 0 Å². The summed E-state index contributed by atoms with van der Waals surface area (Å²) in [5.41, 5.74) is 0. The predicted octanol–water partition coefficient (Wildman–Crippen LogP) is 1.96. The zero-order valence-electron chi connectivity index (χ0n) is 4.31. The molecule has 0 spiro atoms. The van der Waals surface area contributed by atoms with Crippen LogP contribution in [0.5, 0.6) is 0 Å². The van der Waals surface area contributed by atoms with E-state index in [1.54, 1.807) is 6.20 Å². The second kappa shape index (κ2) is 2.42. The van der Waals surface area contributed by atoms with E-state index in [2.05, 4.69) is 9.97 Å². The lowest BCUT2D eigenvalue weighted by atomic mass is 10.8. The van der Waals surface area contributed by atoms with Crippen LogP contribution in [-0.2, 0) is 0 Å². The Morgan fingerprint density at radius 2 is 2.62 bits per heavy atom. The van der Waals surface area contributed by atoms with Crippen LogP contribution in [0, 0.1) is 6.92 Å². The Balaban J connectivity index is 2.84. The van der Waals surface area contributed by atoms with Gasteiger partial charge >= 0.3 is 0 Å². The van der Waals surface area contributed by atoms with Gasteiger partial charge in [-0.25, -0.2) is 4.98 Å². The molecular weight excluding hydrogens is 144 g/mol. The Hall–Kier alpha value is -0.150. The Morgan fingerprint density at radius 3 is 2.88 bits per heavy atom. The number of nitrogens with zero attached hydrogens (tertiary/aromatic N) is 1. The second-order valence-electron chi connectivity index (χ2n) is 1.41. The molecule has 0 aliphatic heterocycles. The molecule has 44 valence electrons. The molecule has 2 nitrogen and oxygen atoms in total. The van der Waals surface area contributed by atoms with E-state index in [0.29, 0.717) is 0 Å². The first-order valence-corrected chi connectivity index (χ1v) is 3.77. The van der Waals surface area contributed by atoms with Crippen LogP contribution >= 0.6 is 21.7 Å². The minimum atomic E-state index is 0.893. The van der Waals surface area contributed by atoms with Crippen LogP contribution in [-0.4, -0.2) is 9.97 Å². The van der Waals surface area contributed by atoms with Crippen LogP contribution in [0.4, 0.5) is 0 Å². The molecule has 8 heavy (non-hydrogen) atoms. The average Bonchev–Trinajstić information content (AvgIpc) is 2.14. The maximum atomic E-state index is 5.39. The molecule has 0 bridgehead atoms. The van der Waals surface area contributed by atoms with Gasteiger partial charge in [-0.15, -0.1) is 0 Å². The second-order valence-corrected chi connectivity index (χ2v) is 2.47. The monoisotopic (exact) mass is 148 g/mol. The molecule has 1 N–H and O–H groups in total. The normalized spacial score (nSPS) is 9.75. The van der Waals surface area contributed by atoms with Crippen LogP contribution in [0.15, 0.2) is 11.2 Å². The predicted molar refractivity (Wildman–Crippen MR) is 35.0 cm³/mol. The number of H-pyrrole nitrogens is 1. The number of halogens is 1. The average molecular weight is 149 g/mol. The highest BCUT2D eigenvalue weighted by molar-refractivity contribution is 8.21. The lowest BCUT2D eigenvalue weighted by Crippen LogP contribution is -1.69. The number of aryl methyl sites for hydroxylation is 1. The molecule has 4 heteroatoms. The first kappa shape index (κ1) is 5.98. The van der Waals surface area contributed by atoms with E-state index in [-0.39, 0.29) is 0 Å². The van der Waals surface area contributed by atoms with Crippen LogP contribution in [0.25, 0.3) is 0 Å². The van der Waals surface area contributed by atoms with Crippen molar-refractivity contribution in [2.24, 2.45) is 0 Å². The van der Waals surface area contributed by atoms with Crippen molar-refractivity contribution in [3.8, 4) is 0 Å². The number of hydrogen-bond acceptors (Lipinski definition) is 2. The van der Waals surface area contributed by atoms with Crippen molar-refractivity contribution in [1.82, 2.24) is 9.97 Å². The van der Waals surface area contributed by atoms with Crippen molar-refractivity contribution in [3.63, 3.8) is 0 Å². The summed E-state index contributed by atoms with van der Waals surface area (Å²) in [4.78, 5) is 6.87. The molecule has 1 aromatic rings. The van der Waals surface area contributed by atoms with Crippen molar-refractivity contribution in [1.29, 1.82) is 0 Å². The van der Waals surface area contributed by atoms with Gasteiger partial charge in [0, 0.05) is 11.0 Å². The lowest BCUT2D eigenvalue weighted by Gasteiger charge is -1.79. The standard InChI is InChI=1S/C4H5ClN2S/c1-3-6-2-4(7-3)8-5/h2H,1H3,(H,6,7). The third-order valence-corrected chi connectivity index (χ3v) is 1.64. The van der Waals surface area contributed by atoms with Crippen LogP contribution < -0.4 is 0 Å². The van der Waals surface area contributed by atoms with Crippen LogP contribution in [0.3, 0.4) is 0 Å². The highest BCUT2D eigenvalue weighted by Crippen LogP contribution is 2.18. The van der Waals surface area contributed by atoms with Gasteiger partial charge < -0.3 is 4.98 Å². The molecule has 1 heterocycles. The van der Waals surface area contributed by atoms with Gasteiger partial charge in [-0.2, -0.15) is 0 Å². The van der Waals surface area contributed by atoms with E-state index in [1.807, 2.05) is 6.92 Å². The van der Waals surface area contributed by atoms with Crippen molar-refractivity contribution in [2.75, 3.05) is 0 Å². The zero-order valence-corrected chi connectivity index (χ0v) is 5.88. The summed E-state index contributed by atoms with van der Waals surface area (Å²) in [7, 11) is 6.53. The summed E-state index contributed by atoms with van der Waals surface area (Å²) < 4.78 is 0. The van der Waals surface area contributed by atoms with E-state index < -0.39 is 0 Å². The SMILES string of the molecule is Cc1ncc(SCl)[nH]1. The smallest absolute Gasteiger partial charge is 0.108 e. The summed E-state index contributed by atoms with van der Waals surface area (Å²) in [6, 6.07) is 0. The largest absolute Gasteiger partial charge is 0.336 e. The van der Waals surface area contributed by atoms with Gasteiger partial charge in [-0.05, 0) is 17.6 Å². The Bertz CT molecular complexity index is 174. The fraction of sp³-hybridized carbons (Fsp3) is 0.250. The fourth-order valence-electron chi connectivity index (χ4n) is 0.438. The van der Waals surface area contributed by atoms with Gasteiger partial charge in [0.2, 0.25) is 0 Å². The van der Waals surface area contributed by atoms with Gasteiger partial charge in [0.15, 0.2) is 0 Å². The molecule has 0 atom stereocenters. The van der Waals surface area contributed by atoms with Crippen molar-refractivity contribution in [3.05, 3.63) is 12.0 Å². The van der Waals surface area contributed by atoms with Gasteiger partial charge in [-0.1, -0.05) is 0 Å². The minimum Gasteiger partial charge on any atom is -0.336 e. The summed E-state index contributed by atoms with van der Waals surface area (Å²) >= 11 is 0.